The molecule has 0 atom stereocenters. The highest BCUT2D eigenvalue weighted by molar-refractivity contribution is 6.31. The van der Waals surface area contributed by atoms with Crippen LogP contribution in [0.25, 0.3) is 0 Å². The molecule has 1 heterocycles. The van der Waals surface area contributed by atoms with Gasteiger partial charge in [-0.2, -0.15) is 0 Å². The molecule has 1 aliphatic carbocycles. The summed E-state index contributed by atoms with van der Waals surface area (Å²) < 4.78 is 5.04. The molecule has 2 rings (SSSR count). The molecular weight excluding hydrogens is 210 g/mol. The maximum Gasteiger partial charge on any atom is 0.232 e. The second-order valence-electron chi connectivity index (χ2n) is 4.09. The molecule has 1 aliphatic rings. The second kappa shape index (κ2) is 4.84. The van der Waals surface area contributed by atoms with Gasteiger partial charge in [0.15, 0.2) is 0 Å². The smallest absolute Gasteiger partial charge is 0.232 e. The number of methoxy groups -OCH3 is 1. The van der Waals surface area contributed by atoms with Gasteiger partial charge in [0.2, 0.25) is 5.88 Å². The summed E-state index contributed by atoms with van der Waals surface area (Å²) in [7, 11) is 1.59. The summed E-state index contributed by atoms with van der Waals surface area (Å²) in [5.74, 6) is 1.17. The molecule has 3 heteroatoms. The summed E-state index contributed by atoms with van der Waals surface area (Å²) in [4.78, 5) is 4.22. The van der Waals surface area contributed by atoms with Gasteiger partial charge in [-0.15, -0.1) is 0 Å². The first-order valence-electron chi connectivity index (χ1n) is 5.50. The largest absolute Gasteiger partial charge is 0.480 e. The van der Waals surface area contributed by atoms with Gasteiger partial charge in [-0.3, -0.25) is 0 Å². The normalized spacial score (nSPS) is 17.7. The van der Waals surface area contributed by atoms with E-state index in [1.807, 2.05) is 12.3 Å². The zero-order valence-electron chi connectivity index (χ0n) is 9.00. The number of aromatic nitrogens is 1. The molecule has 2 nitrogen and oxygen atoms in total. The van der Waals surface area contributed by atoms with E-state index in [9.17, 15) is 0 Å². The molecule has 0 aliphatic heterocycles. The van der Waals surface area contributed by atoms with Gasteiger partial charge in [-0.25, -0.2) is 4.98 Å². The van der Waals surface area contributed by atoms with E-state index < -0.39 is 0 Å². The van der Waals surface area contributed by atoms with Crippen LogP contribution in [-0.4, -0.2) is 12.1 Å². The highest BCUT2D eigenvalue weighted by atomic mass is 35.5. The molecule has 82 valence electrons. The average molecular weight is 226 g/mol. The van der Waals surface area contributed by atoms with Crippen LogP contribution in [0.4, 0.5) is 0 Å². The van der Waals surface area contributed by atoms with Gasteiger partial charge in [0.25, 0.3) is 0 Å². The molecule has 0 radical (unpaired) electrons. The van der Waals surface area contributed by atoms with E-state index >= 15 is 0 Å². The highest BCUT2D eigenvalue weighted by Gasteiger charge is 2.17. The fourth-order valence-electron chi connectivity index (χ4n) is 2.25. The lowest BCUT2D eigenvalue weighted by Crippen LogP contribution is -2.05. The van der Waals surface area contributed by atoms with Gasteiger partial charge in [0.1, 0.15) is 5.02 Å². The van der Waals surface area contributed by atoms with Crippen LogP contribution in [0.15, 0.2) is 12.3 Å². The van der Waals surface area contributed by atoms with E-state index in [1.54, 1.807) is 7.11 Å². The number of hydrogen-bond donors (Lipinski definition) is 0. The van der Waals surface area contributed by atoms with Gasteiger partial charge in [0.05, 0.1) is 7.11 Å². The number of rotatable bonds is 2. The van der Waals surface area contributed by atoms with Crippen molar-refractivity contribution in [2.75, 3.05) is 7.11 Å². The van der Waals surface area contributed by atoms with Gasteiger partial charge in [0, 0.05) is 6.20 Å². The van der Waals surface area contributed by atoms with Crippen LogP contribution < -0.4 is 4.74 Å². The fourth-order valence-corrected chi connectivity index (χ4v) is 2.50. The van der Waals surface area contributed by atoms with Crippen LogP contribution >= 0.6 is 11.6 Å². The Labute approximate surface area is 95.6 Å². The molecule has 15 heavy (non-hydrogen) atoms. The standard InChI is InChI=1S/C12H16ClNO/c1-15-12-11(13)7-10(8-14-12)9-5-3-2-4-6-9/h7-9H,2-6H2,1H3. The van der Waals surface area contributed by atoms with E-state index in [0.717, 1.165) is 0 Å². The zero-order valence-corrected chi connectivity index (χ0v) is 9.76. The lowest BCUT2D eigenvalue weighted by molar-refractivity contribution is 0.396. The highest BCUT2D eigenvalue weighted by Crippen LogP contribution is 2.34. The molecule has 0 amide bonds. The van der Waals surface area contributed by atoms with Gasteiger partial charge < -0.3 is 4.74 Å². The summed E-state index contributed by atoms with van der Waals surface area (Å²) >= 11 is 6.06. The van der Waals surface area contributed by atoms with Crippen LogP contribution in [0.2, 0.25) is 5.02 Å². The summed E-state index contributed by atoms with van der Waals surface area (Å²) in [6.45, 7) is 0. The van der Waals surface area contributed by atoms with Crippen LogP contribution in [0.1, 0.15) is 43.6 Å². The van der Waals surface area contributed by atoms with Crippen LogP contribution in [0.5, 0.6) is 5.88 Å². The van der Waals surface area contributed by atoms with Gasteiger partial charge in [-0.05, 0) is 30.4 Å². The lowest BCUT2D eigenvalue weighted by atomic mass is 9.85. The van der Waals surface area contributed by atoms with E-state index in [0.29, 0.717) is 16.8 Å². The lowest BCUT2D eigenvalue weighted by Gasteiger charge is -2.21. The van der Waals surface area contributed by atoms with Crippen molar-refractivity contribution < 1.29 is 4.74 Å². The Morgan fingerprint density at radius 2 is 2.07 bits per heavy atom. The monoisotopic (exact) mass is 225 g/mol. The number of nitrogens with zero attached hydrogens (tertiary/aromatic N) is 1. The molecule has 1 aromatic heterocycles. The molecule has 1 saturated carbocycles. The fraction of sp³-hybridized carbons (Fsp3) is 0.583. The molecule has 0 N–H and O–H groups in total. The van der Waals surface area contributed by atoms with E-state index in [4.69, 9.17) is 16.3 Å². The molecular formula is C12H16ClNO. The second-order valence-corrected chi connectivity index (χ2v) is 4.50. The average Bonchev–Trinajstić information content (AvgIpc) is 2.30. The topological polar surface area (TPSA) is 22.1 Å². The summed E-state index contributed by atoms with van der Waals surface area (Å²) in [6.07, 6.45) is 8.46. The van der Waals surface area contributed by atoms with Crippen molar-refractivity contribution in [3.63, 3.8) is 0 Å². The minimum atomic E-state index is 0.524. The quantitative estimate of drug-likeness (QED) is 0.764. The van der Waals surface area contributed by atoms with Gasteiger partial charge in [-0.1, -0.05) is 30.9 Å². The maximum absolute atomic E-state index is 6.06. The first-order chi connectivity index (χ1) is 7.31. The Morgan fingerprint density at radius 1 is 1.33 bits per heavy atom. The predicted octanol–water partition coefficient (Wildman–Crippen LogP) is 3.79. The maximum atomic E-state index is 6.06. The number of ether oxygens (including phenoxy) is 1. The van der Waals surface area contributed by atoms with Crippen molar-refractivity contribution in [1.29, 1.82) is 0 Å². The molecule has 0 aromatic carbocycles. The SMILES string of the molecule is COc1ncc(C2CCCCC2)cc1Cl. The molecule has 1 fully saturated rings. The van der Waals surface area contributed by atoms with Gasteiger partial charge >= 0.3 is 0 Å². The Kier molecular flexibility index (Phi) is 3.47. The van der Waals surface area contributed by atoms with Crippen molar-refractivity contribution in [1.82, 2.24) is 4.98 Å². The van der Waals surface area contributed by atoms with Crippen LogP contribution in [0.3, 0.4) is 0 Å². The predicted molar refractivity (Wildman–Crippen MR) is 61.6 cm³/mol. The Hall–Kier alpha value is -0.760. The summed E-state index contributed by atoms with van der Waals surface area (Å²) in [5, 5.41) is 0.626. The third-order valence-corrected chi connectivity index (χ3v) is 3.37. The van der Waals surface area contributed by atoms with Crippen LogP contribution in [-0.2, 0) is 0 Å². The minimum Gasteiger partial charge on any atom is -0.480 e. The Morgan fingerprint density at radius 3 is 2.67 bits per heavy atom. The summed E-state index contributed by atoms with van der Waals surface area (Å²) in [5.41, 5.74) is 1.26. The zero-order chi connectivity index (χ0) is 10.7. The molecule has 0 bridgehead atoms. The third-order valence-electron chi connectivity index (χ3n) is 3.10. The number of hydrogen-bond acceptors (Lipinski definition) is 2. The Balaban J connectivity index is 2.17. The van der Waals surface area contributed by atoms with Crippen molar-refractivity contribution in [2.45, 2.75) is 38.0 Å². The number of pyridine rings is 1. The van der Waals surface area contributed by atoms with Crippen molar-refractivity contribution in [3.8, 4) is 5.88 Å². The third kappa shape index (κ3) is 2.43. The molecule has 1 aromatic rings. The van der Waals surface area contributed by atoms with E-state index in [-0.39, 0.29) is 0 Å². The number of halogens is 1. The molecule has 0 saturated heterocycles. The minimum absolute atomic E-state index is 0.524. The molecule has 0 spiro atoms. The van der Waals surface area contributed by atoms with E-state index in [2.05, 4.69) is 4.98 Å². The first kappa shape index (κ1) is 10.7. The Bertz CT molecular complexity index is 334. The van der Waals surface area contributed by atoms with E-state index in [1.165, 1.54) is 37.7 Å². The molecule has 0 unspecified atom stereocenters. The van der Waals surface area contributed by atoms with Crippen molar-refractivity contribution >= 4 is 11.6 Å². The van der Waals surface area contributed by atoms with Crippen molar-refractivity contribution in [3.05, 3.63) is 22.8 Å². The van der Waals surface area contributed by atoms with Crippen LogP contribution in [0, 0.1) is 0 Å². The first-order valence-corrected chi connectivity index (χ1v) is 5.88. The summed E-state index contributed by atoms with van der Waals surface area (Å²) in [6, 6.07) is 2.00. The van der Waals surface area contributed by atoms with Crippen molar-refractivity contribution in [2.24, 2.45) is 0 Å².